The normalized spacial score (nSPS) is 11.0. The summed E-state index contributed by atoms with van der Waals surface area (Å²) in [6.07, 6.45) is 5.44. The number of nitrogens with zero attached hydrogens (tertiary/aromatic N) is 3. The summed E-state index contributed by atoms with van der Waals surface area (Å²) in [7, 11) is 0. The summed E-state index contributed by atoms with van der Waals surface area (Å²) < 4.78 is 3.86. The van der Waals surface area contributed by atoms with Crippen LogP contribution in [0.5, 0.6) is 0 Å². The highest BCUT2D eigenvalue weighted by molar-refractivity contribution is 5.95. The third-order valence-electron chi connectivity index (χ3n) is 4.30. The van der Waals surface area contributed by atoms with Gasteiger partial charge in [0, 0.05) is 36.4 Å². The number of carboxylic acids is 1. The largest absolute Gasteiger partial charge is 0.477 e. The van der Waals surface area contributed by atoms with E-state index in [1.54, 1.807) is 18.6 Å². The van der Waals surface area contributed by atoms with Crippen molar-refractivity contribution in [3.63, 3.8) is 0 Å². The SMILES string of the molecule is O=C(O)c1cc2ccc(Cn3ccnc3)cc2n1Cc1ccccc1. The number of carboxylic acid groups (broad SMARTS) is 1. The van der Waals surface area contributed by atoms with Crippen LogP contribution in [0.15, 0.2) is 73.3 Å². The van der Waals surface area contributed by atoms with E-state index in [2.05, 4.69) is 11.1 Å². The van der Waals surface area contributed by atoms with Gasteiger partial charge in [0.2, 0.25) is 0 Å². The lowest BCUT2D eigenvalue weighted by molar-refractivity contribution is 0.0686. The van der Waals surface area contributed by atoms with Crippen molar-refractivity contribution in [2.24, 2.45) is 0 Å². The van der Waals surface area contributed by atoms with E-state index in [0.29, 0.717) is 18.8 Å². The Bertz CT molecular complexity index is 1020. The molecular formula is C20H17N3O2. The lowest BCUT2D eigenvalue weighted by Crippen LogP contribution is -2.09. The van der Waals surface area contributed by atoms with Crippen molar-refractivity contribution in [1.82, 2.24) is 14.1 Å². The van der Waals surface area contributed by atoms with E-state index >= 15 is 0 Å². The van der Waals surface area contributed by atoms with Gasteiger partial charge in [0.25, 0.3) is 0 Å². The summed E-state index contributed by atoms with van der Waals surface area (Å²) in [6.45, 7) is 1.23. The zero-order valence-electron chi connectivity index (χ0n) is 13.5. The first kappa shape index (κ1) is 15.2. The van der Waals surface area contributed by atoms with Gasteiger partial charge in [0.15, 0.2) is 0 Å². The predicted octanol–water partition coefficient (Wildman–Crippen LogP) is 3.63. The van der Waals surface area contributed by atoms with Gasteiger partial charge in [-0.05, 0) is 23.3 Å². The zero-order valence-corrected chi connectivity index (χ0v) is 13.5. The molecule has 0 amide bonds. The van der Waals surface area contributed by atoms with Gasteiger partial charge in [0.05, 0.1) is 6.33 Å². The maximum atomic E-state index is 11.7. The molecule has 25 heavy (non-hydrogen) atoms. The minimum Gasteiger partial charge on any atom is -0.477 e. The second kappa shape index (κ2) is 6.28. The van der Waals surface area contributed by atoms with Crippen molar-refractivity contribution >= 4 is 16.9 Å². The highest BCUT2D eigenvalue weighted by Gasteiger charge is 2.15. The van der Waals surface area contributed by atoms with Gasteiger partial charge in [-0.1, -0.05) is 42.5 Å². The van der Waals surface area contributed by atoms with Crippen LogP contribution in [-0.4, -0.2) is 25.2 Å². The number of aromatic carboxylic acids is 1. The van der Waals surface area contributed by atoms with E-state index in [0.717, 1.165) is 22.0 Å². The molecule has 0 saturated carbocycles. The number of hydrogen-bond donors (Lipinski definition) is 1. The minimum absolute atomic E-state index is 0.304. The number of fused-ring (bicyclic) bond motifs is 1. The molecule has 0 aliphatic heterocycles. The fraction of sp³-hybridized carbons (Fsp3) is 0.100. The first-order valence-corrected chi connectivity index (χ1v) is 8.06. The number of aromatic nitrogens is 3. The summed E-state index contributed by atoms with van der Waals surface area (Å²) in [4.78, 5) is 15.8. The molecule has 5 heteroatoms. The van der Waals surface area contributed by atoms with Crippen molar-refractivity contribution in [3.05, 3.63) is 90.1 Å². The zero-order chi connectivity index (χ0) is 17.2. The fourth-order valence-corrected chi connectivity index (χ4v) is 3.10. The van der Waals surface area contributed by atoms with Crippen molar-refractivity contribution in [1.29, 1.82) is 0 Å². The molecule has 4 rings (SSSR count). The van der Waals surface area contributed by atoms with E-state index in [9.17, 15) is 9.90 Å². The van der Waals surface area contributed by atoms with Crippen molar-refractivity contribution in [2.75, 3.05) is 0 Å². The summed E-state index contributed by atoms with van der Waals surface area (Å²) in [5.74, 6) is -0.914. The molecule has 124 valence electrons. The number of rotatable bonds is 5. The number of imidazole rings is 1. The van der Waals surface area contributed by atoms with Gasteiger partial charge in [-0.3, -0.25) is 0 Å². The topological polar surface area (TPSA) is 60.0 Å². The monoisotopic (exact) mass is 331 g/mol. The van der Waals surface area contributed by atoms with Gasteiger partial charge in [-0.25, -0.2) is 9.78 Å². The Morgan fingerprint density at radius 1 is 1.00 bits per heavy atom. The van der Waals surface area contributed by atoms with Gasteiger partial charge in [-0.2, -0.15) is 0 Å². The van der Waals surface area contributed by atoms with Crippen LogP contribution in [0.3, 0.4) is 0 Å². The van der Waals surface area contributed by atoms with Crippen LogP contribution in [0.25, 0.3) is 10.9 Å². The maximum absolute atomic E-state index is 11.7. The maximum Gasteiger partial charge on any atom is 0.352 e. The first-order chi connectivity index (χ1) is 12.2. The molecule has 4 aromatic rings. The summed E-state index contributed by atoms with van der Waals surface area (Å²) in [5, 5.41) is 10.5. The molecule has 2 aromatic heterocycles. The number of carbonyl (C=O) groups is 1. The van der Waals surface area contributed by atoms with E-state index in [-0.39, 0.29) is 0 Å². The van der Waals surface area contributed by atoms with E-state index in [1.807, 2.05) is 57.8 Å². The third-order valence-corrected chi connectivity index (χ3v) is 4.30. The van der Waals surface area contributed by atoms with E-state index in [1.165, 1.54) is 0 Å². The highest BCUT2D eigenvalue weighted by Crippen LogP contribution is 2.23. The van der Waals surface area contributed by atoms with E-state index < -0.39 is 5.97 Å². The molecule has 0 aliphatic carbocycles. The predicted molar refractivity (Wildman–Crippen MR) is 95.8 cm³/mol. The van der Waals surface area contributed by atoms with Crippen LogP contribution in [0.1, 0.15) is 21.6 Å². The Morgan fingerprint density at radius 3 is 2.56 bits per heavy atom. The Hall–Kier alpha value is -3.34. The Balaban J connectivity index is 1.79. The quantitative estimate of drug-likeness (QED) is 0.607. The molecule has 0 radical (unpaired) electrons. The van der Waals surface area contributed by atoms with Gasteiger partial charge in [-0.15, -0.1) is 0 Å². The summed E-state index contributed by atoms with van der Waals surface area (Å²) >= 11 is 0. The molecule has 2 aromatic carbocycles. The molecule has 0 atom stereocenters. The van der Waals surface area contributed by atoms with Crippen LogP contribution < -0.4 is 0 Å². The number of hydrogen-bond acceptors (Lipinski definition) is 2. The summed E-state index contributed by atoms with van der Waals surface area (Å²) in [5.41, 5.74) is 3.41. The average molecular weight is 331 g/mol. The van der Waals surface area contributed by atoms with Crippen LogP contribution in [0.2, 0.25) is 0 Å². The van der Waals surface area contributed by atoms with Crippen molar-refractivity contribution in [3.8, 4) is 0 Å². The van der Waals surface area contributed by atoms with Crippen LogP contribution >= 0.6 is 0 Å². The summed E-state index contributed by atoms with van der Waals surface area (Å²) in [6, 6.07) is 17.7. The molecule has 0 bridgehead atoms. The van der Waals surface area contributed by atoms with Gasteiger partial charge in [0.1, 0.15) is 5.69 Å². The molecule has 5 nitrogen and oxygen atoms in total. The van der Waals surface area contributed by atoms with Crippen LogP contribution in [-0.2, 0) is 13.1 Å². The van der Waals surface area contributed by atoms with Crippen LogP contribution in [0.4, 0.5) is 0 Å². The smallest absolute Gasteiger partial charge is 0.352 e. The van der Waals surface area contributed by atoms with Crippen molar-refractivity contribution < 1.29 is 9.90 Å². The molecule has 0 unspecified atom stereocenters. The second-order valence-electron chi connectivity index (χ2n) is 6.03. The second-order valence-corrected chi connectivity index (χ2v) is 6.03. The first-order valence-electron chi connectivity index (χ1n) is 8.06. The third kappa shape index (κ3) is 3.04. The number of benzene rings is 2. The minimum atomic E-state index is -0.914. The molecular weight excluding hydrogens is 314 g/mol. The lowest BCUT2D eigenvalue weighted by Gasteiger charge is -2.10. The molecule has 0 fully saturated rings. The Morgan fingerprint density at radius 2 is 1.84 bits per heavy atom. The highest BCUT2D eigenvalue weighted by atomic mass is 16.4. The van der Waals surface area contributed by atoms with Gasteiger partial charge < -0.3 is 14.2 Å². The molecule has 2 heterocycles. The molecule has 1 N–H and O–H groups in total. The standard InChI is InChI=1S/C20H17N3O2/c24-20(25)19-11-17-7-6-16(12-22-9-8-21-14-22)10-18(17)23(19)13-15-4-2-1-3-5-15/h1-11,14H,12-13H2,(H,24,25). The van der Waals surface area contributed by atoms with Gasteiger partial charge >= 0.3 is 5.97 Å². The van der Waals surface area contributed by atoms with Crippen molar-refractivity contribution in [2.45, 2.75) is 13.1 Å². The van der Waals surface area contributed by atoms with E-state index in [4.69, 9.17) is 0 Å². The van der Waals surface area contributed by atoms with Crippen LogP contribution in [0, 0.1) is 0 Å². The Kier molecular flexibility index (Phi) is 3.82. The molecule has 0 spiro atoms. The lowest BCUT2D eigenvalue weighted by atomic mass is 10.1. The Labute approximate surface area is 144 Å². The fourth-order valence-electron chi connectivity index (χ4n) is 3.10. The average Bonchev–Trinajstić information content (AvgIpc) is 3.24. The molecule has 0 aliphatic rings. The molecule has 0 saturated heterocycles.